The summed E-state index contributed by atoms with van der Waals surface area (Å²) in [5.74, 6) is -0.785. The van der Waals surface area contributed by atoms with Crippen molar-refractivity contribution in [2.75, 3.05) is 20.2 Å². The number of halogens is 1. The number of methoxy groups -OCH3 is 1. The lowest BCUT2D eigenvalue weighted by Crippen LogP contribution is -2.42. The number of ketones is 1. The van der Waals surface area contributed by atoms with E-state index in [0.717, 1.165) is 25.0 Å². The monoisotopic (exact) mass is 413 g/mol. The number of aromatic nitrogens is 2. The standard InChI is InChI=1S/C23H28FN3O3/c1-30-21-10-8-15(13-18(21)24)23(29)16-5-4-12-27(14-16)22(28)11-9-20-17-6-2-3-7-19(17)25-26-20/h8,10,13,16H,2-7,9,11-12,14H2,1H3,(H,25,26)/t16-/m0/s1. The summed E-state index contributed by atoms with van der Waals surface area (Å²) in [4.78, 5) is 27.5. The SMILES string of the molecule is COc1ccc(C(=O)[C@H]2CCCN(C(=O)CCc3n[nH]c4c3CCCC4)C2)cc1F. The number of likely N-dealkylation sites (tertiary alicyclic amines) is 1. The van der Waals surface area contributed by atoms with Crippen LogP contribution in [0.2, 0.25) is 0 Å². The first-order chi connectivity index (χ1) is 14.6. The van der Waals surface area contributed by atoms with Crippen LogP contribution in [0.15, 0.2) is 18.2 Å². The van der Waals surface area contributed by atoms with Crippen molar-refractivity contribution in [2.24, 2.45) is 5.92 Å². The molecule has 0 bridgehead atoms. The average molecular weight is 413 g/mol. The Morgan fingerprint density at radius 3 is 2.90 bits per heavy atom. The number of aryl methyl sites for hydroxylation is 2. The van der Waals surface area contributed by atoms with Crippen molar-refractivity contribution in [2.45, 2.75) is 51.4 Å². The minimum absolute atomic E-state index is 0.0565. The van der Waals surface area contributed by atoms with E-state index in [1.54, 1.807) is 11.0 Å². The molecule has 1 amide bonds. The number of hydrogen-bond donors (Lipinski definition) is 1. The normalized spacial score (nSPS) is 18.7. The van der Waals surface area contributed by atoms with E-state index in [4.69, 9.17) is 4.74 Å². The summed E-state index contributed by atoms with van der Waals surface area (Å²) in [6, 6.07) is 4.28. The van der Waals surface area contributed by atoms with Gasteiger partial charge in [0, 0.05) is 43.1 Å². The molecule has 1 fully saturated rings. The number of benzene rings is 1. The smallest absolute Gasteiger partial charge is 0.222 e. The molecule has 1 atom stereocenters. The van der Waals surface area contributed by atoms with Gasteiger partial charge in [-0.05, 0) is 62.3 Å². The number of carbonyl (C=O) groups is 2. The molecular weight excluding hydrogens is 385 g/mol. The molecule has 2 aromatic rings. The maximum absolute atomic E-state index is 14.0. The fraction of sp³-hybridized carbons (Fsp3) is 0.522. The highest BCUT2D eigenvalue weighted by molar-refractivity contribution is 5.98. The molecule has 2 aliphatic rings. The van der Waals surface area contributed by atoms with Gasteiger partial charge in [0.05, 0.1) is 12.8 Å². The quantitative estimate of drug-likeness (QED) is 0.736. The molecule has 1 aliphatic heterocycles. The lowest BCUT2D eigenvalue weighted by Gasteiger charge is -2.32. The molecule has 0 unspecified atom stereocenters. The second-order valence-electron chi connectivity index (χ2n) is 8.23. The molecule has 0 radical (unpaired) electrons. The minimum Gasteiger partial charge on any atom is -0.494 e. The summed E-state index contributed by atoms with van der Waals surface area (Å²) in [6.45, 7) is 1.06. The number of ether oxygens (including phenoxy) is 1. The maximum atomic E-state index is 14.0. The summed E-state index contributed by atoms with van der Waals surface area (Å²) in [5, 5.41) is 7.55. The predicted octanol–water partition coefficient (Wildman–Crippen LogP) is 3.49. The number of nitrogens with one attached hydrogen (secondary N) is 1. The first-order valence-electron chi connectivity index (χ1n) is 10.8. The van der Waals surface area contributed by atoms with Crippen LogP contribution in [-0.4, -0.2) is 47.0 Å². The van der Waals surface area contributed by atoms with Gasteiger partial charge in [-0.25, -0.2) is 4.39 Å². The summed E-state index contributed by atoms with van der Waals surface area (Å²) < 4.78 is 18.9. The molecular formula is C23H28FN3O3. The number of hydrogen-bond acceptors (Lipinski definition) is 4. The Balaban J connectivity index is 1.36. The van der Waals surface area contributed by atoms with Gasteiger partial charge in [-0.2, -0.15) is 5.10 Å². The molecule has 1 N–H and O–H groups in total. The third-order valence-corrected chi connectivity index (χ3v) is 6.30. The van der Waals surface area contributed by atoms with E-state index in [1.165, 1.54) is 43.3 Å². The average Bonchev–Trinajstić information content (AvgIpc) is 3.20. The van der Waals surface area contributed by atoms with Crippen LogP contribution in [0.5, 0.6) is 5.75 Å². The van der Waals surface area contributed by atoms with E-state index in [-0.39, 0.29) is 23.4 Å². The zero-order valence-corrected chi connectivity index (χ0v) is 17.4. The Hall–Kier alpha value is -2.70. The van der Waals surface area contributed by atoms with Crippen molar-refractivity contribution >= 4 is 11.7 Å². The zero-order valence-electron chi connectivity index (χ0n) is 17.4. The van der Waals surface area contributed by atoms with E-state index < -0.39 is 5.82 Å². The highest BCUT2D eigenvalue weighted by Crippen LogP contribution is 2.26. The van der Waals surface area contributed by atoms with Crippen LogP contribution >= 0.6 is 0 Å². The fourth-order valence-electron chi connectivity index (χ4n) is 4.61. The summed E-state index contributed by atoms with van der Waals surface area (Å²) in [5.41, 5.74) is 3.86. The van der Waals surface area contributed by atoms with Crippen molar-refractivity contribution in [3.05, 3.63) is 46.5 Å². The van der Waals surface area contributed by atoms with Crippen LogP contribution in [0.25, 0.3) is 0 Å². The molecule has 1 aromatic heterocycles. The van der Waals surface area contributed by atoms with Crippen LogP contribution < -0.4 is 4.74 Å². The van der Waals surface area contributed by atoms with Gasteiger partial charge in [0.15, 0.2) is 17.3 Å². The second kappa shape index (κ2) is 8.98. The van der Waals surface area contributed by atoms with Crippen molar-refractivity contribution in [1.82, 2.24) is 15.1 Å². The van der Waals surface area contributed by atoms with Crippen LogP contribution in [0.1, 0.15) is 59.4 Å². The Morgan fingerprint density at radius 1 is 1.27 bits per heavy atom. The Labute approximate surface area is 175 Å². The number of fused-ring (bicyclic) bond motifs is 1. The first kappa shape index (κ1) is 20.6. The molecule has 4 rings (SSSR count). The van der Waals surface area contributed by atoms with Crippen LogP contribution in [-0.2, 0) is 24.1 Å². The van der Waals surface area contributed by atoms with Gasteiger partial charge < -0.3 is 9.64 Å². The molecule has 160 valence electrons. The van der Waals surface area contributed by atoms with E-state index >= 15 is 0 Å². The fourth-order valence-corrected chi connectivity index (χ4v) is 4.61. The first-order valence-corrected chi connectivity index (χ1v) is 10.8. The van der Waals surface area contributed by atoms with E-state index in [0.29, 0.717) is 37.9 Å². The molecule has 30 heavy (non-hydrogen) atoms. The van der Waals surface area contributed by atoms with E-state index in [9.17, 15) is 14.0 Å². The molecule has 6 nitrogen and oxygen atoms in total. The molecule has 0 saturated carbocycles. The number of Topliss-reactive ketones (excluding diaryl/α,β-unsaturated/α-hetero) is 1. The lowest BCUT2D eigenvalue weighted by atomic mass is 9.89. The molecule has 1 saturated heterocycles. The van der Waals surface area contributed by atoms with Gasteiger partial charge in [0.1, 0.15) is 0 Å². The number of H-pyrrole nitrogens is 1. The minimum atomic E-state index is -0.547. The maximum Gasteiger partial charge on any atom is 0.222 e. The highest BCUT2D eigenvalue weighted by Gasteiger charge is 2.29. The number of rotatable bonds is 6. The predicted molar refractivity (Wildman–Crippen MR) is 110 cm³/mol. The second-order valence-corrected chi connectivity index (χ2v) is 8.23. The van der Waals surface area contributed by atoms with Gasteiger partial charge in [0.2, 0.25) is 5.91 Å². The zero-order chi connectivity index (χ0) is 21.1. The van der Waals surface area contributed by atoms with Gasteiger partial charge >= 0.3 is 0 Å². The summed E-state index contributed by atoms with van der Waals surface area (Å²) in [6.07, 6.45) is 6.96. The van der Waals surface area contributed by atoms with Crippen molar-refractivity contribution in [1.29, 1.82) is 0 Å². The van der Waals surface area contributed by atoms with Gasteiger partial charge in [-0.3, -0.25) is 14.7 Å². The van der Waals surface area contributed by atoms with E-state index in [1.807, 2.05) is 0 Å². The van der Waals surface area contributed by atoms with Crippen molar-refractivity contribution in [3.63, 3.8) is 0 Å². The number of nitrogens with zero attached hydrogens (tertiary/aromatic N) is 2. The Kier molecular flexibility index (Phi) is 6.16. The molecule has 1 aromatic carbocycles. The van der Waals surface area contributed by atoms with E-state index in [2.05, 4.69) is 10.2 Å². The largest absolute Gasteiger partial charge is 0.494 e. The van der Waals surface area contributed by atoms with Crippen molar-refractivity contribution < 1.29 is 18.7 Å². The van der Waals surface area contributed by atoms with Crippen molar-refractivity contribution in [3.8, 4) is 5.75 Å². The molecule has 2 heterocycles. The number of amides is 1. The highest BCUT2D eigenvalue weighted by atomic mass is 19.1. The van der Waals surface area contributed by atoms with Gasteiger partial charge in [-0.15, -0.1) is 0 Å². The third kappa shape index (κ3) is 4.25. The van der Waals surface area contributed by atoms with Crippen LogP contribution in [0.3, 0.4) is 0 Å². The molecule has 0 spiro atoms. The third-order valence-electron chi connectivity index (χ3n) is 6.30. The van der Waals surface area contributed by atoms with Crippen LogP contribution in [0.4, 0.5) is 4.39 Å². The molecule has 7 heteroatoms. The Morgan fingerprint density at radius 2 is 2.10 bits per heavy atom. The Bertz CT molecular complexity index is 940. The number of aromatic amines is 1. The number of piperidine rings is 1. The number of carbonyl (C=O) groups excluding carboxylic acids is 2. The van der Waals surface area contributed by atoms with Crippen LogP contribution in [0, 0.1) is 11.7 Å². The molecule has 1 aliphatic carbocycles. The van der Waals surface area contributed by atoms with Gasteiger partial charge in [-0.1, -0.05) is 0 Å². The van der Waals surface area contributed by atoms with Gasteiger partial charge in [0.25, 0.3) is 0 Å². The summed E-state index contributed by atoms with van der Waals surface area (Å²) >= 11 is 0. The lowest BCUT2D eigenvalue weighted by molar-refractivity contribution is -0.132. The topological polar surface area (TPSA) is 75.3 Å². The summed E-state index contributed by atoms with van der Waals surface area (Å²) in [7, 11) is 1.39.